The lowest BCUT2D eigenvalue weighted by Crippen LogP contribution is -2.42. The topological polar surface area (TPSA) is 62.9 Å². The fraction of sp³-hybridized carbons (Fsp3) is 1.00. The molecule has 2 aliphatic rings. The highest BCUT2D eigenvalue weighted by Gasteiger charge is 2.53. The van der Waals surface area contributed by atoms with Gasteiger partial charge in [0, 0.05) is 6.04 Å². The van der Waals surface area contributed by atoms with E-state index in [0.717, 1.165) is 6.42 Å². The lowest BCUT2D eigenvalue weighted by Gasteiger charge is -2.36. The number of hydrogen-bond acceptors (Lipinski definition) is 5. The van der Waals surface area contributed by atoms with Crippen LogP contribution in [0.25, 0.3) is 0 Å². The highest BCUT2D eigenvalue weighted by molar-refractivity contribution is 6.74. The molecule has 6 heteroatoms. The quantitative estimate of drug-likeness (QED) is 0.620. The van der Waals surface area contributed by atoms with Crippen molar-refractivity contribution in [3.63, 3.8) is 0 Å². The second-order valence-electron chi connectivity index (χ2n) is 8.48. The summed E-state index contributed by atoms with van der Waals surface area (Å²) in [5.41, 5.74) is 6.15. The van der Waals surface area contributed by atoms with Crippen LogP contribution in [0.1, 0.15) is 41.0 Å². The molecule has 0 aromatic heterocycles. The first kappa shape index (κ1) is 18.4. The van der Waals surface area contributed by atoms with Crippen LogP contribution >= 0.6 is 0 Å². The van der Waals surface area contributed by atoms with Crippen LogP contribution in [0.3, 0.4) is 0 Å². The van der Waals surface area contributed by atoms with E-state index in [1.807, 2.05) is 13.8 Å². The first-order valence-electron chi connectivity index (χ1n) is 8.30. The molecular formula is C16H33NO4Si. The van der Waals surface area contributed by atoms with Gasteiger partial charge >= 0.3 is 0 Å². The smallest absolute Gasteiger partial charge is 0.192 e. The largest absolute Gasteiger partial charge is 0.414 e. The lowest BCUT2D eigenvalue weighted by atomic mass is 10.2. The summed E-state index contributed by atoms with van der Waals surface area (Å²) in [4.78, 5) is 0. The van der Waals surface area contributed by atoms with Gasteiger partial charge < -0.3 is 24.4 Å². The van der Waals surface area contributed by atoms with E-state index in [9.17, 15) is 0 Å². The van der Waals surface area contributed by atoms with Gasteiger partial charge in [-0.15, -0.1) is 0 Å². The molecule has 0 spiro atoms. The van der Waals surface area contributed by atoms with Crippen LogP contribution in [0.4, 0.5) is 0 Å². The Morgan fingerprint density at radius 3 is 2.32 bits per heavy atom. The molecule has 4 atom stereocenters. The van der Waals surface area contributed by atoms with Gasteiger partial charge in [0.1, 0.15) is 12.2 Å². The van der Waals surface area contributed by atoms with Crippen molar-refractivity contribution in [3.8, 4) is 0 Å². The van der Waals surface area contributed by atoms with Gasteiger partial charge in [0.25, 0.3) is 0 Å². The predicted octanol–water partition coefficient (Wildman–Crippen LogP) is 2.64. The summed E-state index contributed by atoms with van der Waals surface area (Å²) in [6.45, 7) is 16.3. The van der Waals surface area contributed by atoms with Gasteiger partial charge in [0.05, 0.1) is 19.3 Å². The Kier molecular flexibility index (Phi) is 5.13. The van der Waals surface area contributed by atoms with Crippen LogP contribution in [-0.4, -0.2) is 51.7 Å². The zero-order chi connectivity index (χ0) is 16.8. The second kappa shape index (κ2) is 6.15. The Morgan fingerprint density at radius 1 is 1.14 bits per heavy atom. The van der Waals surface area contributed by atoms with Gasteiger partial charge in [0.2, 0.25) is 0 Å². The van der Waals surface area contributed by atoms with Gasteiger partial charge in [-0.2, -0.15) is 0 Å². The van der Waals surface area contributed by atoms with Crippen LogP contribution in [0.15, 0.2) is 0 Å². The standard InChI is InChI=1S/C16H33NO4Si/c1-15(2,3)22(6,7)19-9-8-18-12-10-11(17)13-14(12)21-16(4,5)20-13/h11-14H,8-10,17H2,1-7H3/t11-,12+,13+,14-/m0/s1. The third-order valence-corrected chi connectivity index (χ3v) is 9.68. The summed E-state index contributed by atoms with van der Waals surface area (Å²) in [6, 6.07) is -0.0157. The molecule has 1 heterocycles. The molecule has 0 bridgehead atoms. The summed E-state index contributed by atoms with van der Waals surface area (Å²) in [6.07, 6.45) is 0.676. The Morgan fingerprint density at radius 2 is 1.73 bits per heavy atom. The first-order chi connectivity index (χ1) is 9.93. The van der Waals surface area contributed by atoms with Crippen molar-refractivity contribution < 1.29 is 18.6 Å². The zero-order valence-corrected chi connectivity index (χ0v) is 16.1. The maximum atomic E-state index is 6.15. The van der Waals surface area contributed by atoms with Crippen molar-refractivity contribution >= 4 is 8.32 Å². The zero-order valence-electron chi connectivity index (χ0n) is 15.1. The monoisotopic (exact) mass is 331 g/mol. The minimum Gasteiger partial charge on any atom is -0.414 e. The van der Waals surface area contributed by atoms with Crippen molar-refractivity contribution in [2.75, 3.05) is 13.2 Å². The van der Waals surface area contributed by atoms with Crippen LogP contribution < -0.4 is 5.73 Å². The second-order valence-corrected chi connectivity index (χ2v) is 13.3. The molecule has 2 N–H and O–H groups in total. The van der Waals surface area contributed by atoms with E-state index in [4.69, 9.17) is 24.4 Å². The van der Waals surface area contributed by atoms with Crippen molar-refractivity contribution in [2.24, 2.45) is 5.73 Å². The summed E-state index contributed by atoms with van der Waals surface area (Å²) in [5.74, 6) is -0.563. The summed E-state index contributed by atoms with van der Waals surface area (Å²) < 4.78 is 24.0. The fourth-order valence-electron chi connectivity index (χ4n) is 2.85. The third kappa shape index (κ3) is 3.91. The normalized spacial score (nSPS) is 34.9. The van der Waals surface area contributed by atoms with Crippen LogP contribution in [0, 0.1) is 0 Å². The molecule has 1 aliphatic heterocycles. The SMILES string of the molecule is CC1(C)O[C@@H]2[C@H](O1)[C@@H](N)C[C@H]2OCCO[Si](C)(C)C(C)(C)C. The van der Waals surface area contributed by atoms with Gasteiger partial charge in [-0.05, 0) is 38.4 Å². The molecule has 1 aliphatic carbocycles. The van der Waals surface area contributed by atoms with Crippen molar-refractivity contribution in [1.82, 2.24) is 0 Å². The Hall–Kier alpha value is 0.0169. The number of fused-ring (bicyclic) bond motifs is 1. The minimum absolute atomic E-state index is 0.00444. The molecule has 2 rings (SSSR count). The predicted molar refractivity (Wildman–Crippen MR) is 89.3 cm³/mol. The number of rotatable bonds is 5. The molecule has 5 nitrogen and oxygen atoms in total. The van der Waals surface area contributed by atoms with Gasteiger partial charge in [-0.1, -0.05) is 20.8 Å². The summed E-state index contributed by atoms with van der Waals surface area (Å²) in [5, 5.41) is 0.222. The maximum Gasteiger partial charge on any atom is 0.192 e. The molecule has 0 unspecified atom stereocenters. The highest BCUT2D eigenvalue weighted by Crippen LogP contribution is 2.39. The number of nitrogens with two attached hydrogens (primary N) is 1. The van der Waals surface area contributed by atoms with E-state index < -0.39 is 14.1 Å². The van der Waals surface area contributed by atoms with E-state index in [1.54, 1.807) is 0 Å². The van der Waals surface area contributed by atoms with Crippen LogP contribution in [0.2, 0.25) is 18.1 Å². The first-order valence-corrected chi connectivity index (χ1v) is 11.2. The fourth-order valence-corrected chi connectivity index (χ4v) is 3.87. The van der Waals surface area contributed by atoms with E-state index in [-0.39, 0.29) is 29.4 Å². The molecule has 130 valence electrons. The van der Waals surface area contributed by atoms with E-state index in [1.165, 1.54) is 0 Å². The molecule has 0 aromatic carbocycles. The van der Waals surface area contributed by atoms with E-state index in [0.29, 0.717) is 13.2 Å². The molecule has 0 radical (unpaired) electrons. The van der Waals surface area contributed by atoms with Crippen molar-refractivity contribution in [2.45, 2.75) is 89.3 Å². The molecular weight excluding hydrogens is 298 g/mol. The molecule has 22 heavy (non-hydrogen) atoms. The molecule has 0 amide bonds. The molecule has 1 saturated carbocycles. The average molecular weight is 332 g/mol. The van der Waals surface area contributed by atoms with Crippen molar-refractivity contribution in [3.05, 3.63) is 0 Å². The number of hydrogen-bond donors (Lipinski definition) is 1. The van der Waals surface area contributed by atoms with E-state index in [2.05, 4.69) is 33.9 Å². The molecule has 1 saturated heterocycles. The van der Waals surface area contributed by atoms with Crippen LogP contribution in [-0.2, 0) is 18.6 Å². The van der Waals surface area contributed by atoms with Crippen molar-refractivity contribution in [1.29, 1.82) is 0 Å². The Labute approximate surface area is 136 Å². The minimum atomic E-state index is -1.71. The van der Waals surface area contributed by atoms with Gasteiger partial charge in [-0.25, -0.2) is 0 Å². The number of ether oxygens (including phenoxy) is 3. The average Bonchev–Trinajstić information content (AvgIpc) is 2.79. The molecule has 2 fully saturated rings. The van der Waals surface area contributed by atoms with Gasteiger partial charge in [-0.3, -0.25) is 0 Å². The highest BCUT2D eigenvalue weighted by atomic mass is 28.4. The lowest BCUT2D eigenvalue weighted by molar-refractivity contribution is -0.168. The summed E-state index contributed by atoms with van der Waals surface area (Å²) >= 11 is 0. The molecule has 0 aromatic rings. The van der Waals surface area contributed by atoms with Crippen LogP contribution in [0.5, 0.6) is 0 Å². The Balaban J connectivity index is 1.79. The van der Waals surface area contributed by atoms with Gasteiger partial charge in [0.15, 0.2) is 14.1 Å². The maximum absolute atomic E-state index is 6.15. The third-order valence-electron chi connectivity index (χ3n) is 5.14. The van der Waals surface area contributed by atoms with E-state index >= 15 is 0 Å². The summed E-state index contributed by atoms with van der Waals surface area (Å²) in [7, 11) is -1.71. The Bertz CT molecular complexity index is 394.